The maximum absolute atomic E-state index is 12.1. The molecule has 0 aromatic heterocycles. The Morgan fingerprint density at radius 3 is 1.10 bits per heavy atom. The van der Waals surface area contributed by atoms with E-state index in [1.807, 2.05) is 0 Å². The minimum absolute atomic E-state index is 0.0676. The van der Waals surface area contributed by atoms with E-state index in [0.717, 1.165) is 25.7 Å². The third-order valence-electron chi connectivity index (χ3n) is 7.96. The van der Waals surface area contributed by atoms with Crippen molar-refractivity contribution < 1.29 is 19.1 Å². The quantitative estimate of drug-likeness (QED) is 0.0646. The van der Waals surface area contributed by atoms with Crippen molar-refractivity contribution in [2.75, 3.05) is 13.2 Å². The highest BCUT2D eigenvalue weighted by Gasteiger charge is 2.15. The van der Waals surface area contributed by atoms with Crippen molar-refractivity contribution in [1.29, 1.82) is 0 Å². The van der Waals surface area contributed by atoms with E-state index in [9.17, 15) is 9.59 Å². The molecule has 0 heterocycles. The third kappa shape index (κ3) is 29.9. The van der Waals surface area contributed by atoms with Crippen molar-refractivity contribution >= 4 is 11.9 Å². The highest BCUT2D eigenvalue weighted by Crippen LogP contribution is 2.15. The summed E-state index contributed by atoms with van der Waals surface area (Å²) in [5, 5.41) is 0. The molecule has 0 aliphatic carbocycles. The van der Waals surface area contributed by atoms with Crippen molar-refractivity contribution in [2.24, 2.45) is 5.73 Å². The summed E-state index contributed by atoms with van der Waals surface area (Å²) >= 11 is 0. The Morgan fingerprint density at radius 2 is 0.775 bits per heavy atom. The maximum Gasteiger partial charge on any atom is 0.306 e. The average Bonchev–Trinajstić information content (AvgIpc) is 2.96. The molecule has 0 aromatic rings. The largest absolute Gasteiger partial charge is 0.462 e. The van der Waals surface area contributed by atoms with Gasteiger partial charge in [-0.3, -0.25) is 9.59 Å². The second-order valence-electron chi connectivity index (χ2n) is 12.0. The van der Waals surface area contributed by atoms with Gasteiger partial charge in [0.05, 0.1) is 0 Å². The van der Waals surface area contributed by atoms with Crippen LogP contribution < -0.4 is 5.73 Å². The summed E-state index contributed by atoms with van der Waals surface area (Å²) < 4.78 is 10.8. The van der Waals surface area contributed by atoms with E-state index < -0.39 is 6.10 Å². The molecule has 2 N–H and O–H groups in total. The molecule has 0 aliphatic heterocycles. The lowest BCUT2D eigenvalue weighted by Crippen LogP contribution is -2.32. The lowest BCUT2D eigenvalue weighted by atomic mass is 10.0. The van der Waals surface area contributed by atoms with Crippen LogP contribution in [0.1, 0.15) is 194 Å². The van der Waals surface area contributed by atoms with Gasteiger partial charge in [-0.1, -0.05) is 168 Å². The first-order chi connectivity index (χ1) is 19.6. The Labute approximate surface area is 249 Å². The van der Waals surface area contributed by atoms with Gasteiger partial charge in [-0.15, -0.1) is 0 Å². The number of ether oxygens (including phenoxy) is 2. The number of carbonyl (C=O) groups is 2. The standard InChI is InChI=1S/C35H69NO4/c1-3-5-7-9-11-13-15-17-19-21-23-25-27-29-34(37)39-32-33(31-36)40-35(38)30-28-26-24-22-20-18-16-14-12-10-8-6-4-2/h33H,3-32,36H2,1-2H3. The van der Waals surface area contributed by atoms with Crippen molar-refractivity contribution in [3.8, 4) is 0 Å². The monoisotopic (exact) mass is 568 g/mol. The minimum atomic E-state index is -0.537. The van der Waals surface area contributed by atoms with Crippen LogP contribution in [0.5, 0.6) is 0 Å². The van der Waals surface area contributed by atoms with E-state index >= 15 is 0 Å². The van der Waals surface area contributed by atoms with Crippen LogP contribution in [0.2, 0.25) is 0 Å². The van der Waals surface area contributed by atoms with Crippen LogP contribution in [0, 0.1) is 0 Å². The number of hydrogen-bond acceptors (Lipinski definition) is 5. The number of unbranched alkanes of at least 4 members (excludes halogenated alkanes) is 24. The number of esters is 2. The molecule has 5 nitrogen and oxygen atoms in total. The molecular weight excluding hydrogens is 498 g/mol. The van der Waals surface area contributed by atoms with Gasteiger partial charge in [0.1, 0.15) is 12.7 Å². The van der Waals surface area contributed by atoms with E-state index in [-0.39, 0.29) is 25.1 Å². The van der Waals surface area contributed by atoms with Gasteiger partial charge in [0.25, 0.3) is 0 Å². The summed E-state index contributed by atoms with van der Waals surface area (Å²) in [4.78, 5) is 24.2. The second kappa shape index (κ2) is 32.4. The first-order valence-corrected chi connectivity index (χ1v) is 17.7. The molecule has 1 atom stereocenters. The highest BCUT2D eigenvalue weighted by atomic mass is 16.6. The Morgan fingerprint density at radius 1 is 0.475 bits per heavy atom. The van der Waals surface area contributed by atoms with Crippen LogP contribution in [-0.2, 0) is 19.1 Å². The Bertz CT molecular complexity index is 539. The second-order valence-corrected chi connectivity index (χ2v) is 12.0. The van der Waals surface area contributed by atoms with Crippen molar-refractivity contribution in [2.45, 2.75) is 200 Å². The molecule has 5 heteroatoms. The van der Waals surface area contributed by atoms with E-state index in [4.69, 9.17) is 15.2 Å². The molecule has 0 rings (SSSR count). The molecule has 1 unspecified atom stereocenters. The first kappa shape index (κ1) is 38.9. The summed E-state index contributed by atoms with van der Waals surface area (Å²) in [5.74, 6) is -0.444. The number of nitrogens with two attached hydrogens (primary N) is 1. The summed E-state index contributed by atoms with van der Waals surface area (Å²) in [6.07, 6.45) is 33.6. The Balaban J connectivity index is 3.53. The van der Waals surface area contributed by atoms with Crippen LogP contribution in [0.3, 0.4) is 0 Å². The highest BCUT2D eigenvalue weighted by molar-refractivity contribution is 5.70. The van der Waals surface area contributed by atoms with Crippen molar-refractivity contribution in [3.05, 3.63) is 0 Å². The molecule has 0 aromatic carbocycles. The first-order valence-electron chi connectivity index (χ1n) is 17.7. The van der Waals surface area contributed by atoms with Crippen molar-refractivity contribution in [1.82, 2.24) is 0 Å². The summed E-state index contributed by atoms with van der Waals surface area (Å²) in [6.45, 7) is 4.77. The zero-order valence-corrected chi connectivity index (χ0v) is 27.0. The topological polar surface area (TPSA) is 78.6 Å². The fourth-order valence-corrected chi connectivity index (χ4v) is 5.23. The van der Waals surface area contributed by atoms with Gasteiger partial charge in [0.15, 0.2) is 0 Å². The summed E-state index contributed by atoms with van der Waals surface area (Å²) in [5.41, 5.74) is 5.74. The fourth-order valence-electron chi connectivity index (χ4n) is 5.23. The van der Waals surface area contributed by atoms with Crippen molar-refractivity contribution in [3.63, 3.8) is 0 Å². The predicted molar refractivity (Wildman–Crippen MR) is 171 cm³/mol. The molecule has 0 fully saturated rings. The number of hydrogen-bond donors (Lipinski definition) is 1. The van der Waals surface area contributed by atoms with Gasteiger partial charge in [-0.2, -0.15) is 0 Å². The molecule has 0 aliphatic rings. The molecule has 0 saturated carbocycles. The van der Waals surface area contributed by atoms with Crippen LogP contribution in [0.25, 0.3) is 0 Å². The molecule has 0 radical (unpaired) electrons. The predicted octanol–water partition coefficient (Wildman–Crippen LogP) is 10.4. The van der Waals surface area contributed by atoms with E-state index in [1.54, 1.807) is 0 Å². The molecule has 0 bridgehead atoms. The normalized spacial score (nSPS) is 12.0. The smallest absolute Gasteiger partial charge is 0.306 e. The van der Waals surface area contributed by atoms with Gasteiger partial charge in [0, 0.05) is 19.4 Å². The van der Waals surface area contributed by atoms with Crippen LogP contribution in [-0.4, -0.2) is 31.2 Å². The Kier molecular flexibility index (Phi) is 31.5. The zero-order valence-electron chi connectivity index (χ0n) is 27.0. The molecule has 0 saturated heterocycles. The average molecular weight is 568 g/mol. The van der Waals surface area contributed by atoms with Gasteiger partial charge in [0.2, 0.25) is 0 Å². The number of carbonyl (C=O) groups excluding carboxylic acids is 2. The van der Waals surface area contributed by atoms with Crippen LogP contribution >= 0.6 is 0 Å². The molecule has 0 spiro atoms. The summed E-state index contributed by atoms with van der Waals surface area (Å²) in [6, 6.07) is 0. The van der Waals surface area contributed by atoms with Gasteiger partial charge >= 0.3 is 11.9 Å². The van der Waals surface area contributed by atoms with Gasteiger partial charge in [-0.05, 0) is 12.8 Å². The molecule has 238 valence electrons. The lowest BCUT2D eigenvalue weighted by Gasteiger charge is -2.16. The van der Waals surface area contributed by atoms with Gasteiger partial charge in [-0.25, -0.2) is 0 Å². The molecule has 0 amide bonds. The third-order valence-corrected chi connectivity index (χ3v) is 7.96. The maximum atomic E-state index is 12.1. The fraction of sp³-hybridized carbons (Fsp3) is 0.943. The molecular formula is C35H69NO4. The van der Waals surface area contributed by atoms with Gasteiger partial charge < -0.3 is 15.2 Å². The van der Waals surface area contributed by atoms with Crippen LogP contribution in [0.15, 0.2) is 0 Å². The minimum Gasteiger partial charge on any atom is -0.462 e. The SMILES string of the molecule is CCCCCCCCCCCCCCCC(=O)OCC(CN)OC(=O)CCCCCCCCCCCCCCC. The molecule has 40 heavy (non-hydrogen) atoms. The van der Waals surface area contributed by atoms with Crippen LogP contribution in [0.4, 0.5) is 0 Å². The van der Waals surface area contributed by atoms with E-state index in [1.165, 1.54) is 141 Å². The van der Waals surface area contributed by atoms with E-state index in [2.05, 4.69) is 13.8 Å². The summed E-state index contributed by atoms with van der Waals surface area (Å²) in [7, 11) is 0. The number of rotatable bonds is 32. The zero-order chi connectivity index (χ0) is 29.4. The lowest BCUT2D eigenvalue weighted by molar-refractivity contribution is -0.158. The Hall–Kier alpha value is -1.10. The van der Waals surface area contributed by atoms with E-state index in [0.29, 0.717) is 12.8 Å².